The van der Waals surface area contributed by atoms with Gasteiger partial charge in [-0.2, -0.15) is 0 Å². The normalized spacial score (nSPS) is 20.6. The second kappa shape index (κ2) is 7.55. The molecular formula is C17H21ClN2O6S. The van der Waals surface area contributed by atoms with Crippen molar-refractivity contribution in [2.24, 2.45) is 5.92 Å². The molecule has 0 N–H and O–H groups in total. The fourth-order valence-corrected chi connectivity index (χ4v) is 4.45. The number of methoxy groups -OCH3 is 1. The Labute approximate surface area is 163 Å². The number of amides is 1. The molecule has 8 nitrogen and oxygen atoms in total. The van der Waals surface area contributed by atoms with Crippen LogP contribution in [-0.4, -0.2) is 64.3 Å². The average molecular weight is 417 g/mol. The van der Waals surface area contributed by atoms with E-state index < -0.39 is 16.1 Å². The number of fused-ring (bicyclic) bond motifs is 1. The van der Waals surface area contributed by atoms with Crippen molar-refractivity contribution >= 4 is 39.2 Å². The summed E-state index contributed by atoms with van der Waals surface area (Å²) < 4.78 is 36.1. The molecular weight excluding hydrogens is 396 g/mol. The van der Waals surface area contributed by atoms with E-state index in [9.17, 15) is 18.0 Å². The van der Waals surface area contributed by atoms with Crippen molar-refractivity contribution in [3.8, 4) is 5.75 Å². The smallest absolute Gasteiger partial charge is 0.308 e. The Morgan fingerprint density at radius 3 is 2.52 bits per heavy atom. The molecule has 0 aliphatic carbocycles. The van der Waals surface area contributed by atoms with Gasteiger partial charge in [0.15, 0.2) is 6.10 Å². The first-order chi connectivity index (χ1) is 12.7. The zero-order valence-electron chi connectivity index (χ0n) is 15.1. The number of benzene rings is 1. The first-order valence-electron chi connectivity index (χ1n) is 8.51. The number of carbonyl (C=O) groups excluding carboxylic acids is 2. The van der Waals surface area contributed by atoms with Crippen LogP contribution in [0.5, 0.6) is 5.75 Å². The lowest BCUT2D eigenvalue weighted by Crippen LogP contribution is -2.53. The standard InChI is InChI=1S/C17H21ClN2O6S/c1-25-17(22)11-5-7-19(8-6-11)16(21)15-10-20(27(2,23)24)13-9-12(18)3-4-14(13)26-15/h3-4,9,11,15H,5-8,10H2,1-2H3/t15-/m0/s1. The number of hydrogen-bond donors (Lipinski definition) is 0. The molecule has 0 bridgehead atoms. The fraction of sp³-hybridized carbons (Fsp3) is 0.529. The molecule has 3 rings (SSSR count). The second-order valence-electron chi connectivity index (χ2n) is 6.64. The van der Waals surface area contributed by atoms with Crippen LogP contribution in [0.4, 0.5) is 5.69 Å². The summed E-state index contributed by atoms with van der Waals surface area (Å²) in [5.74, 6) is -0.502. The van der Waals surface area contributed by atoms with E-state index in [1.807, 2.05) is 0 Å². The number of hydrogen-bond acceptors (Lipinski definition) is 6. The highest BCUT2D eigenvalue weighted by molar-refractivity contribution is 7.92. The molecule has 0 saturated carbocycles. The predicted molar refractivity (Wildman–Crippen MR) is 99.4 cm³/mol. The van der Waals surface area contributed by atoms with Crippen LogP contribution in [0, 0.1) is 5.92 Å². The molecule has 1 aromatic carbocycles. The summed E-state index contributed by atoms with van der Waals surface area (Å²) in [5, 5.41) is 0.376. The molecule has 27 heavy (non-hydrogen) atoms. The van der Waals surface area contributed by atoms with Gasteiger partial charge in [-0.3, -0.25) is 13.9 Å². The Morgan fingerprint density at radius 1 is 1.26 bits per heavy atom. The fourth-order valence-electron chi connectivity index (χ4n) is 3.37. The number of carbonyl (C=O) groups is 2. The van der Waals surface area contributed by atoms with Crippen molar-refractivity contribution in [2.45, 2.75) is 18.9 Å². The van der Waals surface area contributed by atoms with E-state index in [4.69, 9.17) is 21.1 Å². The number of nitrogens with zero attached hydrogens (tertiary/aromatic N) is 2. The highest BCUT2D eigenvalue weighted by atomic mass is 35.5. The number of ether oxygens (including phenoxy) is 2. The summed E-state index contributed by atoms with van der Waals surface area (Å²) in [6.07, 6.45) is 1.13. The van der Waals surface area contributed by atoms with Crippen LogP contribution >= 0.6 is 11.6 Å². The summed E-state index contributed by atoms with van der Waals surface area (Å²) in [6.45, 7) is 0.664. The molecule has 0 spiro atoms. The molecule has 2 heterocycles. The van der Waals surface area contributed by atoms with Crippen molar-refractivity contribution in [3.63, 3.8) is 0 Å². The van der Waals surface area contributed by atoms with Crippen LogP contribution in [0.15, 0.2) is 18.2 Å². The molecule has 1 fully saturated rings. The molecule has 0 unspecified atom stereocenters. The maximum Gasteiger partial charge on any atom is 0.308 e. The van der Waals surface area contributed by atoms with Gasteiger partial charge in [0.05, 0.1) is 31.5 Å². The summed E-state index contributed by atoms with van der Waals surface area (Å²) in [6, 6.07) is 4.63. The minimum absolute atomic E-state index is 0.123. The number of halogens is 1. The summed E-state index contributed by atoms with van der Waals surface area (Å²) >= 11 is 5.97. The third kappa shape index (κ3) is 4.14. The Kier molecular flexibility index (Phi) is 5.53. The van der Waals surface area contributed by atoms with Crippen molar-refractivity contribution in [3.05, 3.63) is 23.2 Å². The predicted octanol–water partition coefficient (Wildman–Crippen LogP) is 1.28. The maximum absolute atomic E-state index is 12.9. The van der Waals surface area contributed by atoms with E-state index in [0.29, 0.717) is 42.4 Å². The van der Waals surface area contributed by atoms with Gasteiger partial charge in [-0.1, -0.05) is 11.6 Å². The van der Waals surface area contributed by atoms with Crippen molar-refractivity contribution in [1.29, 1.82) is 0 Å². The summed E-state index contributed by atoms with van der Waals surface area (Å²) in [5.41, 5.74) is 0.318. The van der Waals surface area contributed by atoms with E-state index in [-0.39, 0.29) is 24.3 Å². The maximum atomic E-state index is 12.9. The number of piperidine rings is 1. The minimum atomic E-state index is -3.61. The van der Waals surface area contributed by atoms with Crippen molar-refractivity contribution in [2.75, 3.05) is 37.3 Å². The molecule has 1 aromatic rings. The average Bonchev–Trinajstić information content (AvgIpc) is 2.65. The van der Waals surface area contributed by atoms with Gasteiger partial charge in [0.2, 0.25) is 10.0 Å². The molecule has 1 atom stereocenters. The molecule has 10 heteroatoms. The topological polar surface area (TPSA) is 93.2 Å². The number of likely N-dealkylation sites (tertiary alicyclic amines) is 1. The number of sulfonamides is 1. The molecule has 1 saturated heterocycles. The zero-order chi connectivity index (χ0) is 19.8. The third-order valence-electron chi connectivity index (χ3n) is 4.81. The van der Waals surface area contributed by atoms with Gasteiger partial charge in [0, 0.05) is 18.1 Å². The monoisotopic (exact) mass is 416 g/mol. The van der Waals surface area contributed by atoms with Gasteiger partial charge in [0.1, 0.15) is 5.75 Å². The van der Waals surface area contributed by atoms with E-state index in [1.165, 1.54) is 13.2 Å². The Hall–Kier alpha value is -2.00. The van der Waals surface area contributed by atoms with Crippen LogP contribution < -0.4 is 9.04 Å². The van der Waals surface area contributed by atoms with Crippen LogP contribution in [0.3, 0.4) is 0 Å². The van der Waals surface area contributed by atoms with Crippen molar-refractivity contribution in [1.82, 2.24) is 4.90 Å². The van der Waals surface area contributed by atoms with E-state index in [2.05, 4.69) is 0 Å². The van der Waals surface area contributed by atoms with E-state index >= 15 is 0 Å². The van der Waals surface area contributed by atoms with E-state index in [0.717, 1.165) is 10.6 Å². The number of rotatable bonds is 3. The third-order valence-corrected chi connectivity index (χ3v) is 6.19. The van der Waals surface area contributed by atoms with Crippen LogP contribution in [-0.2, 0) is 24.3 Å². The molecule has 0 aromatic heterocycles. The van der Waals surface area contributed by atoms with Crippen molar-refractivity contribution < 1.29 is 27.5 Å². The lowest BCUT2D eigenvalue weighted by Gasteiger charge is -2.38. The number of anilines is 1. The van der Waals surface area contributed by atoms with Gasteiger partial charge >= 0.3 is 5.97 Å². The second-order valence-corrected chi connectivity index (χ2v) is 8.98. The van der Waals surface area contributed by atoms with Gasteiger partial charge in [0.25, 0.3) is 5.91 Å². The molecule has 1 amide bonds. The Bertz CT molecular complexity index is 851. The largest absolute Gasteiger partial charge is 0.476 e. The lowest BCUT2D eigenvalue weighted by molar-refractivity contribution is -0.150. The van der Waals surface area contributed by atoms with Gasteiger partial charge in [-0.25, -0.2) is 8.42 Å². The summed E-state index contributed by atoms with van der Waals surface area (Å²) in [4.78, 5) is 26.1. The van der Waals surface area contributed by atoms with Crippen LogP contribution in [0.1, 0.15) is 12.8 Å². The SMILES string of the molecule is COC(=O)C1CCN(C(=O)[C@@H]2CN(S(C)(=O)=O)c3cc(Cl)ccc3O2)CC1. The Morgan fingerprint density at radius 2 is 1.93 bits per heavy atom. The highest BCUT2D eigenvalue weighted by Gasteiger charge is 2.38. The molecule has 0 radical (unpaired) electrons. The molecule has 2 aliphatic rings. The number of esters is 1. The van der Waals surface area contributed by atoms with Gasteiger partial charge in [-0.15, -0.1) is 0 Å². The molecule has 148 valence electrons. The van der Waals surface area contributed by atoms with Gasteiger partial charge in [-0.05, 0) is 31.0 Å². The Balaban J connectivity index is 1.77. The first kappa shape index (κ1) is 19.8. The van der Waals surface area contributed by atoms with Crippen LogP contribution in [0.25, 0.3) is 0 Å². The lowest BCUT2D eigenvalue weighted by atomic mass is 9.96. The van der Waals surface area contributed by atoms with Gasteiger partial charge < -0.3 is 14.4 Å². The van der Waals surface area contributed by atoms with Crippen LogP contribution in [0.2, 0.25) is 5.02 Å². The quantitative estimate of drug-likeness (QED) is 0.689. The molecule has 2 aliphatic heterocycles. The highest BCUT2D eigenvalue weighted by Crippen LogP contribution is 2.37. The minimum Gasteiger partial charge on any atom is -0.476 e. The summed E-state index contributed by atoms with van der Waals surface area (Å²) in [7, 11) is -2.27. The first-order valence-corrected chi connectivity index (χ1v) is 10.7. The zero-order valence-corrected chi connectivity index (χ0v) is 16.6. The van der Waals surface area contributed by atoms with E-state index in [1.54, 1.807) is 17.0 Å².